The Morgan fingerprint density at radius 1 is 1.37 bits per heavy atom. The fraction of sp³-hybridized carbons (Fsp3) is 0.600. The normalized spacial score (nSPS) is 16.5. The number of ether oxygens (including phenoxy) is 2. The average Bonchev–Trinajstić information content (AvgIpc) is 2.70. The fourth-order valence-corrected chi connectivity index (χ4v) is 3.12. The molecular formula is C20H29N3O4. The standard InChI is InChI=1S/C20H29N3O4/c1-26-12-2-9-22-20(25)17-7-10-23(11-8-17)14-18(24)15-27-19-5-3-16(13-21)4-6-19/h3-6,17-18,24H,2,7-12,14-15H2,1H3,(H,22,25). The van der Waals surface area contributed by atoms with Crippen LogP contribution in [0.25, 0.3) is 0 Å². The molecule has 0 bridgehead atoms. The highest BCUT2D eigenvalue weighted by atomic mass is 16.5. The Bertz CT molecular complexity index is 607. The minimum Gasteiger partial charge on any atom is -0.491 e. The number of benzene rings is 1. The number of aliphatic hydroxyl groups excluding tert-OH is 1. The average molecular weight is 375 g/mol. The van der Waals surface area contributed by atoms with Crippen LogP contribution in [0.5, 0.6) is 5.75 Å². The maximum atomic E-state index is 12.1. The molecule has 1 aromatic rings. The van der Waals surface area contributed by atoms with Gasteiger partial charge >= 0.3 is 0 Å². The number of aliphatic hydroxyl groups is 1. The maximum absolute atomic E-state index is 12.1. The molecule has 1 atom stereocenters. The number of methoxy groups -OCH3 is 1. The molecule has 1 amide bonds. The van der Waals surface area contributed by atoms with Gasteiger partial charge in [0.15, 0.2) is 0 Å². The molecule has 0 saturated carbocycles. The molecule has 2 N–H and O–H groups in total. The third-order valence-corrected chi connectivity index (χ3v) is 4.68. The largest absolute Gasteiger partial charge is 0.491 e. The molecule has 148 valence electrons. The number of amides is 1. The topological polar surface area (TPSA) is 94.8 Å². The van der Waals surface area contributed by atoms with Crippen LogP contribution < -0.4 is 10.1 Å². The van der Waals surface area contributed by atoms with E-state index in [1.165, 1.54) is 0 Å². The molecule has 27 heavy (non-hydrogen) atoms. The number of nitriles is 1. The molecule has 0 aliphatic carbocycles. The van der Waals surface area contributed by atoms with E-state index in [1.54, 1.807) is 31.4 Å². The van der Waals surface area contributed by atoms with Crippen LogP contribution in [0.3, 0.4) is 0 Å². The predicted octanol–water partition coefficient (Wildman–Crippen LogP) is 1.16. The van der Waals surface area contributed by atoms with E-state index in [0.717, 1.165) is 32.4 Å². The molecule has 1 fully saturated rings. The van der Waals surface area contributed by atoms with Crippen molar-refractivity contribution < 1.29 is 19.4 Å². The summed E-state index contributed by atoms with van der Waals surface area (Å²) in [5.74, 6) is 0.809. The zero-order chi connectivity index (χ0) is 19.5. The predicted molar refractivity (Wildman–Crippen MR) is 101 cm³/mol. The second-order valence-electron chi connectivity index (χ2n) is 6.81. The first kappa shape index (κ1) is 21.2. The van der Waals surface area contributed by atoms with Crippen LogP contribution >= 0.6 is 0 Å². The number of hydrogen-bond donors (Lipinski definition) is 2. The van der Waals surface area contributed by atoms with Crippen LogP contribution in [-0.4, -0.2) is 68.5 Å². The zero-order valence-corrected chi connectivity index (χ0v) is 15.9. The van der Waals surface area contributed by atoms with Crippen LogP contribution in [0.4, 0.5) is 0 Å². The van der Waals surface area contributed by atoms with Crippen LogP contribution in [0.1, 0.15) is 24.8 Å². The summed E-state index contributed by atoms with van der Waals surface area (Å²) < 4.78 is 10.5. The van der Waals surface area contributed by atoms with Gasteiger partial charge in [-0.1, -0.05) is 0 Å². The molecule has 1 heterocycles. The second-order valence-corrected chi connectivity index (χ2v) is 6.81. The maximum Gasteiger partial charge on any atom is 0.223 e. The Hall–Kier alpha value is -2.14. The SMILES string of the molecule is COCCCNC(=O)C1CCN(CC(O)COc2ccc(C#N)cc2)CC1. The van der Waals surface area contributed by atoms with Crippen molar-refractivity contribution in [3.8, 4) is 11.8 Å². The van der Waals surface area contributed by atoms with Crippen molar-refractivity contribution in [2.75, 3.05) is 46.5 Å². The lowest BCUT2D eigenvalue weighted by Gasteiger charge is -2.32. The first-order valence-corrected chi connectivity index (χ1v) is 9.42. The van der Waals surface area contributed by atoms with Crippen molar-refractivity contribution >= 4 is 5.91 Å². The molecule has 7 heteroatoms. The van der Waals surface area contributed by atoms with Gasteiger partial charge in [-0.3, -0.25) is 4.79 Å². The van der Waals surface area contributed by atoms with Crippen LogP contribution in [0, 0.1) is 17.2 Å². The van der Waals surface area contributed by atoms with E-state index in [1.807, 2.05) is 0 Å². The van der Waals surface area contributed by atoms with Gasteiger partial charge in [-0.15, -0.1) is 0 Å². The summed E-state index contributed by atoms with van der Waals surface area (Å²) >= 11 is 0. The number of carbonyl (C=O) groups excluding carboxylic acids is 1. The third kappa shape index (κ3) is 7.55. The molecule has 1 aliphatic rings. The lowest BCUT2D eigenvalue weighted by Crippen LogP contribution is -2.44. The number of nitrogens with zero attached hydrogens (tertiary/aromatic N) is 2. The number of carbonyl (C=O) groups is 1. The molecule has 1 unspecified atom stereocenters. The van der Waals surface area contributed by atoms with E-state index in [4.69, 9.17) is 14.7 Å². The van der Waals surface area contributed by atoms with Gasteiger partial charge in [-0.25, -0.2) is 0 Å². The molecule has 7 nitrogen and oxygen atoms in total. The molecule has 0 radical (unpaired) electrons. The summed E-state index contributed by atoms with van der Waals surface area (Å²) in [6.45, 7) is 3.62. The van der Waals surface area contributed by atoms with Crippen molar-refractivity contribution in [2.45, 2.75) is 25.4 Å². The highest BCUT2D eigenvalue weighted by molar-refractivity contribution is 5.78. The molecule has 1 saturated heterocycles. The van der Waals surface area contributed by atoms with Gasteiger partial charge in [0.25, 0.3) is 0 Å². The highest BCUT2D eigenvalue weighted by Crippen LogP contribution is 2.18. The van der Waals surface area contributed by atoms with Crippen molar-refractivity contribution in [1.82, 2.24) is 10.2 Å². The fourth-order valence-electron chi connectivity index (χ4n) is 3.12. The number of hydrogen-bond acceptors (Lipinski definition) is 6. The van der Waals surface area contributed by atoms with Gasteiger partial charge in [0, 0.05) is 32.7 Å². The third-order valence-electron chi connectivity index (χ3n) is 4.68. The van der Waals surface area contributed by atoms with E-state index in [9.17, 15) is 9.90 Å². The van der Waals surface area contributed by atoms with E-state index in [2.05, 4.69) is 16.3 Å². The second kappa shape index (κ2) is 11.5. The Morgan fingerprint density at radius 3 is 2.70 bits per heavy atom. The lowest BCUT2D eigenvalue weighted by molar-refractivity contribution is -0.126. The van der Waals surface area contributed by atoms with Gasteiger partial charge in [-0.2, -0.15) is 5.26 Å². The summed E-state index contributed by atoms with van der Waals surface area (Å²) in [5.41, 5.74) is 0.577. The summed E-state index contributed by atoms with van der Waals surface area (Å²) in [7, 11) is 1.65. The Morgan fingerprint density at radius 2 is 2.07 bits per heavy atom. The molecular weight excluding hydrogens is 346 g/mol. The van der Waals surface area contributed by atoms with Crippen LogP contribution in [0.15, 0.2) is 24.3 Å². The Balaban J connectivity index is 1.62. The summed E-state index contributed by atoms with van der Waals surface area (Å²) in [6.07, 6.45) is 1.84. The molecule has 0 spiro atoms. The van der Waals surface area contributed by atoms with Crippen LogP contribution in [-0.2, 0) is 9.53 Å². The van der Waals surface area contributed by atoms with E-state index in [0.29, 0.717) is 31.0 Å². The van der Waals surface area contributed by atoms with Crippen molar-refractivity contribution in [2.24, 2.45) is 5.92 Å². The first-order valence-electron chi connectivity index (χ1n) is 9.42. The van der Waals surface area contributed by atoms with Gasteiger partial charge in [0.05, 0.1) is 11.6 Å². The summed E-state index contributed by atoms with van der Waals surface area (Å²) in [6, 6.07) is 8.88. The number of β-amino-alcohol motifs (C(OH)–C–C–N with tert-alkyl or cyclic N) is 1. The van der Waals surface area contributed by atoms with Crippen molar-refractivity contribution in [3.05, 3.63) is 29.8 Å². The van der Waals surface area contributed by atoms with E-state index >= 15 is 0 Å². The van der Waals surface area contributed by atoms with Crippen molar-refractivity contribution in [1.29, 1.82) is 5.26 Å². The smallest absolute Gasteiger partial charge is 0.223 e. The highest BCUT2D eigenvalue weighted by Gasteiger charge is 2.25. The molecule has 0 aromatic heterocycles. The summed E-state index contributed by atoms with van der Waals surface area (Å²) in [4.78, 5) is 14.3. The van der Waals surface area contributed by atoms with E-state index in [-0.39, 0.29) is 18.4 Å². The number of piperidine rings is 1. The molecule has 2 rings (SSSR count). The zero-order valence-electron chi connectivity index (χ0n) is 15.9. The monoisotopic (exact) mass is 375 g/mol. The number of rotatable bonds is 10. The van der Waals surface area contributed by atoms with Crippen LogP contribution in [0.2, 0.25) is 0 Å². The quantitative estimate of drug-likeness (QED) is 0.596. The molecule has 1 aromatic carbocycles. The lowest BCUT2D eigenvalue weighted by atomic mass is 9.95. The number of likely N-dealkylation sites (tertiary alicyclic amines) is 1. The van der Waals surface area contributed by atoms with Gasteiger partial charge in [0.2, 0.25) is 5.91 Å². The molecule has 1 aliphatic heterocycles. The first-order chi connectivity index (χ1) is 13.1. The van der Waals surface area contributed by atoms with Gasteiger partial charge in [0.1, 0.15) is 18.5 Å². The minimum absolute atomic E-state index is 0.0517. The Kier molecular flexibility index (Phi) is 9.05. The minimum atomic E-state index is -0.597. The number of nitrogens with one attached hydrogen (secondary N) is 1. The van der Waals surface area contributed by atoms with Gasteiger partial charge < -0.3 is 24.8 Å². The van der Waals surface area contributed by atoms with E-state index < -0.39 is 6.10 Å². The summed E-state index contributed by atoms with van der Waals surface area (Å²) in [5, 5.41) is 21.9. The van der Waals surface area contributed by atoms with Gasteiger partial charge in [-0.05, 0) is 56.6 Å². The van der Waals surface area contributed by atoms with Crippen molar-refractivity contribution in [3.63, 3.8) is 0 Å². The Labute approximate surface area is 160 Å².